The van der Waals surface area contributed by atoms with Crippen molar-refractivity contribution >= 4 is 55.2 Å². The van der Waals surface area contributed by atoms with Crippen LogP contribution >= 0.6 is 39.0 Å². The lowest BCUT2D eigenvalue weighted by Gasteiger charge is -2.14. The molecule has 2 aromatic heterocycles. The number of benzene rings is 2. The molecule has 0 aliphatic carbocycles. The zero-order valence-electron chi connectivity index (χ0n) is 15.9. The molecule has 158 valence electrons. The largest absolute Gasteiger partial charge is 0.483 e. The molecule has 1 amide bonds. The van der Waals surface area contributed by atoms with E-state index in [1.165, 1.54) is 35.2 Å². The Kier molecular flexibility index (Phi) is 6.69. The summed E-state index contributed by atoms with van der Waals surface area (Å²) < 4.78 is 21.0. The molecule has 0 saturated carbocycles. The van der Waals surface area contributed by atoms with Gasteiger partial charge < -0.3 is 4.74 Å². The van der Waals surface area contributed by atoms with Crippen molar-refractivity contribution in [3.05, 3.63) is 86.2 Å². The zero-order chi connectivity index (χ0) is 21.8. The summed E-state index contributed by atoms with van der Waals surface area (Å²) in [5, 5.41) is 2.10. The maximum absolute atomic E-state index is 13.1. The second kappa shape index (κ2) is 9.63. The molecule has 0 saturated heterocycles. The highest BCUT2D eigenvalue weighted by Crippen LogP contribution is 2.25. The van der Waals surface area contributed by atoms with Crippen LogP contribution in [-0.2, 0) is 10.5 Å². The molecular formula is C21H15BrFN3O3S2. The first-order chi connectivity index (χ1) is 15.0. The van der Waals surface area contributed by atoms with E-state index in [-0.39, 0.29) is 18.0 Å². The van der Waals surface area contributed by atoms with Crippen LogP contribution in [0.2, 0.25) is 0 Å². The van der Waals surface area contributed by atoms with E-state index in [0.29, 0.717) is 26.9 Å². The SMILES string of the molecule is O=C(COc1ccccc1Br)Nn1c(SCc2ccc(F)cc2)nc2ccsc2c1=O. The summed E-state index contributed by atoms with van der Waals surface area (Å²) in [5.74, 6) is 0.147. The van der Waals surface area contributed by atoms with Crippen LogP contribution in [-0.4, -0.2) is 22.2 Å². The third-order valence-electron chi connectivity index (χ3n) is 4.16. The van der Waals surface area contributed by atoms with Gasteiger partial charge in [0.1, 0.15) is 16.3 Å². The fraction of sp³-hybridized carbons (Fsp3) is 0.0952. The minimum Gasteiger partial charge on any atom is -0.483 e. The Morgan fingerprint density at radius 3 is 2.74 bits per heavy atom. The van der Waals surface area contributed by atoms with Gasteiger partial charge in [-0.2, -0.15) is 4.68 Å². The quantitative estimate of drug-likeness (QED) is 0.280. The number of aromatic nitrogens is 2. The van der Waals surface area contributed by atoms with E-state index >= 15 is 0 Å². The Bertz CT molecular complexity index is 1290. The van der Waals surface area contributed by atoms with Gasteiger partial charge in [-0.15, -0.1) is 11.3 Å². The van der Waals surface area contributed by atoms with Gasteiger partial charge in [-0.25, -0.2) is 9.37 Å². The standard InChI is InChI=1S/C21H15BrFN3O3S2/c22-15-3-1-2-4-17(15)29-11-18(27)25-26-20(28)19-16(9-10-30-19)24-21(26)31-12-13-5-7-14(23)8-6-13/h1-10H,11-12H2,(H,25,27). The first-order valence-electron chi connectivity index (χ1n) is 9.06. The number of hydrogen-bond donors (Lipinski definition) is 1. The van der Waals surface area contributed by atoms with Crippen molar-refractivity contribution in [2.24, 2.45) is 0 Å². The van der Waals surface area contributed by atoms with Gasteiger partial charge in [0, 0.05) is 5.75 Å². The van der Waals surface area contributed by atoms with E-state index in [4.69, 9.17) is 4.74 Å². The number of carbonyl (C=O) groups excluding carboxylic acids is 1. The van der Waals surface area contributed by atoms with Crippen molar-refractivity contribution < 1.29 is 13.9 Å². The summed E-state index contributed by atoms with van der Waals surface area (Å²) >= 11 is 5.88. The fourth-order valence-corrected chi connectivity index (χ4v) is 4.75. The topological polar surface area (TPSA) is 73.2 Å². The van der Waals surface area contributed by atoms with Gasteiger partial charge in [-0.05, 0) is 57.2 Å². The number of thioether (sulfide) groups is 1. The number of hydrogen-bond acceptors (Lipinski definition) is 6. The number of halogens is 2. The van der Waals surface area contributed by atoms with Gasteiger partial charge in [0.25, 0.3) is 11.5 Å². The lowest BCUT2D eigenvalue weighted by atomic mass is 10.2. The number of nitrogens with zero attached hydrogens (tertiary/aromatic N) is 2. The Morgan fingerprint density at radius 2 is 1.97 bits per heavy atom. The maximum atomic E-state index is 13.1. The van der Waals surface area contributed by atoms with Crippen LogP contribution in [0.1, 0.15) is 5.56 Å². The van der Waals surface area contributed by atoms with Gasteiger partial charge in [-0.3, -0.25) is 15.0 Å². The van der Waals surface area contributed by atoms with E-state index in [9.17, 15) is 14.0 Å². The third-order valence-corrected chi connectivity index (χ3v) is 6.72. The van der Waals surface area contributed by atoms with Crippen molar-refractivity contribution in [1.29, 1.82) is 0 Å². The smallest absolute Gasteiger partial charge is 0.291 e. The van der Waals surface area contributed by atoms with E-state index in [1.54, 1.807) is 41.8 Å². The van der Waals surface area contributed by atoms with Gasteiger partial charge in [0.15, 0.2) is 11.8 Å². The van der Waals surface area contributed by atoms with Gasteiger partial charge >= 0.3 is 0 Å². The molecule has 0 fully saturated rings. The number of amides is 1. The molecule has 31 heavy (non-hydrogen) atoms. The van der Waals surface area contributed by atoms with Crippen molar-refractivity contribution in [3.63, 3.8) is 0 Å². The second-order valence-corrected chi connectivity index (χ2v) is 9.05. The maximum Gasteiger partial charge on any atom is 0.291 e. The van der Waals surface area contributed by atoms with Crippen LogP contribution in [0.3, 0.4) is 0 Å². The van der Waals surface area contributed by atoms with E-state index < -0.39 is 5.91 Å². The van der Waals surface area contributed by atoms with Gasteiger partial charge in [-0.1, -0.05) is 36.0 Å². The zero-order valence-corrected chi connectivity index (χ0v) is 19.1. The highest BCUT2D eigenvalue weighted by molar-refractivity contribution is 9.10. The molecule has 2 heterocycles. The lowest BCUT2D eigenvalue weighted by molar-refractivity contribution is -0.119. The lowest BCUT2D eigenvalue weighted by Crippen LogP contribution is -2.37. The Morgan fingerprint density at radius 1 is 1.19 bits per heavy atom. The molecule has 4 aromatic rings. The summed E-state index contributed by atoms with van der Waals surface area (Å²) in [6, 6.07) is 15.0. The Labute approximate surface area is 193 Å². The number of nitrogens with one attached hydrogen (secondary N) is 1. The molecular weight excluding hydrogens is 505 g/mol. The third kappa shape index (κ3) is 5.15. The number of carbonyl (C=O) groups is 1. The van der Waals surface area contributed by atoms with E-state index in [0.717, 1.165) is 14.7 Å². The summed E-state index contributed by atoms with van der Waals surface area (Å²) in [4.78, 5) is 30.0. The monoisotopic (exact) mass is 519 g/mol. The molecule has 6 nitrogen and oxygen atoms in total. The molecule has 10 heteroatoms. The minimum absolute atomic E-state index is 0.278. The first-order valence-corrected chi connectivity index (χ1v) is 11.7. The van der Waals surface area contributed by atoms with Crippen LogP contribution in [0.25, 0.3) is 10.2 Å². The average molecular weight is 520 g/mol. The molecule has 1 N–H and O–H groups in total. The summed E-state index contributed by atoms with van der Waals surface area (Å²) in [5.41, 5.74) is 3.64. The number of para-hydroxylation sites is 1. The normalized spacial score (nSPS) is 10.9. The molecule has 2 aromatic carbocycles. The van der Waals surface area contributed by atoms with E-state index in [2.05, 4.69) is 26.3 Å². The number of fused-ring (bicyclic) bond motifs is 1. The van der Waals surface area contributed by atoms with Crippen molar-refractivity contribution in [2.75, 3.05) is 12.0 Å². The fourth-order valence-electron chi connectivity index (χ4n) is 2.68. The van der Waals surface area contributed by atoms with Crippen molar-refractivity contribution in [2.45, 2.75) is 10.9 Å². The first kappa shape index (κ1) is 21.5. The highest BCUT2D eigenvalue weighted by Gasteiger charge is 2.16. The molecule has 0 aliphatic rings. The van der Waals surface area contributed by atoms with E-state index in [1.807, 2.05) is 6.07 Å². The van der Waals surface area contributed by atoms with Crippen molar-refractivity contribution in [3.8, 4) is 5.75 Å². The number of thiophene rings is 1. The minimum atomic E-state index is -0.501. The van der Waals surface area contributed by atoms with Gasteiger partial charge in [0.2, 0.25) is 0 Å². The van der Waals surface area contributed by atoms with Crippen molar-refractivity contribution in [1.82, 2.24) is 9.66 Å². The molecule has 0 spiro atoms. The number of ether oxygens (including phenoxy) is 1. The second-order valence-electron chi connectivity index (χ2n) is 6.34. The predicted octanol–water partition coefficient (Wildman–Crippen LogP) is 4.80. The molecule has 0 bridgehead atoms. The number of rotatable bonds is 7. The van der Waals surface area contributed by atoms with Crippen LogP contribution < -0.4 is 15.7 Å². The van der Waals surface area contributed by atoms with Crippen LogP contribution in [0, 0.1) is 5.82 Å². The summed E-state index contributed by atoms with van der Waals surface area (Å²) in [6.45, 7) is -0.278. The predicted molar refractivity (Wildman–Crippen MR) is 124 cm³/mol. The molecule has 0 unspecified atom stereocenters. The molecule has 0 atom stereocenters. The molecule has 0 radical (unpaired) electrons. The van der Waals surface area contributed by atoms with Gasteiger partial charge in [0.05, 0.1) is 9.99 Å². The van der Waals surface area contributed by atoms with Crippen LogP contribution in [0.15, 0.2) is 74.4 Å². The van der Waals surface area contributed by atoms with Crippen LogP contribution in [0.5, 0.6) is 5.75 Å². The highest BCUT2D eigenvalue weighted by atomic mass is 79.9. The Hall–Kier alpha value is -2.69. The van der Waals surface area contributed by atoms with Crippen LogP contribution in [0.4, 0.5) is 4.39 Å². The summed E-state index contributed by atoms with van der Waals surface area (Å²) in [7, 11) is 0. The molecule has 0 aliphatic heterocycles. The molecule has 4 rings (SSSR count). The average Bonchev–Trinajstić information content (AvgIpc) is 3.24. The Balaban J connectivity index is 1.54. The summed E-state index contributed by atoms with van der Waals surface area (Å²) in [6.07, 6.45) is 0.